The second kappa shape index (κ2) is 11.8. The molecule has 9 nitrogen and oxygen atoms in total. The molecule has 9 heteroatoms. The molecule has 0 spiro atoms. The normalized spacial score (nSPS) is 21.1. The molecule has 1 aliphatic carbocycles. The second-order valence-corrected chi connectivity index (χ2v) is 11.9. The summed E-state index contributed by atoms with van der Waals surface area (Å²) < 4.78 is 13.4. The third kappa shape index (κ3) is 5.56. The third-order valence-corrected chi connectivity index (χ3v) is 8.80. The highest BCUT2D eigenvalue weighted by atomic mass is 16.5. The van der Waals surface area contributed by atoms with Crippen LogP contribution in [0.5, 0.6) is 5.75 Å². The van der Waals surface area contributed by atoms with Gasteiger partial charge in [0.25, 0.3) is 0 Å². The number of aromatic nitrogens is 2. The van der Waals surface area contributed by atoms with Crippen LogP contribution in [-0.2, 0) is 17.8 Å². The fourth-order valence-electron chi connectivity index (χ4n) is 6.46. The summed E-state index contributed by atoms with van der Waals surface area (Å²) in [6, 6.07) is 25.5. The van der Waals surface area contributed by atoms with E-state index in [1.165, 1.54) is 18.2 Å². The number of carbonyl (C=O) groups is 1. The molecule has 2 N–H and O–H groups in total. The van der Waals surface area contributed by atoms with Gasteiger partial charge in [-0.2, -0.15) is 5.10 Å². The number of nitrogens with zero attached hydrogens (tertiary/aromatic N) is 4. The molecule has 2 unspecified atom stereocenters. The molecular formula is C35H38N6O3. The Kier molecular flexibility index (Phi) is 7.57. The molecule has 1 aromatic heterocycles. The van der Waals surface area contributed by atoms with E-state index in [-0.39, 0.29) is 23.9 Å². The Morgan fingerprint density at radius 3 is 2.66 bits per heavy atom. The lowest BCUT2D eigenvalue weighted by atomic mass is 10.0. The van der Waals surface area contributed by atoms with Crippen LogP contribution in [0.1, 0.15) is 52.9 Å². The van der Waals surface area contributed by atoms with Gasteiger partial charge >= 0.3 is 5.97 Å². The third-order valence-electron chi connectivity index (χ3n) is 8.80. The van der Waals surface area contributed by atoms with E-state index in [0.29, 0.717) is 5.56 Å². The zero-order valence-corrected chi connectivity index (χ0v) is 25.4. The Bertz CT molecular complexity index is 1710. The first kappa shape index (κ1) is 28.2. The Labute approximate surface area is 258 Å². The number of hydrazine groups is 2. The van der Waals surface area contributed by atoms with Gasteiger partial charge in [-0.15, -0.1) is 5.53 Å². The van der Waals surface area contributed by atoms with Crippen LogP contribution in [0.15, 0.2) is 90.9 Å². The lowest BCUT2D eigenvalue weighted by Crippen LogP contribution is -2.33. The van der Waals surface area contributed by atoms with Crippen molar-refractivity contribution in [3.63, 3.8) is 0 Å². The lowest BCUT2D eigenvalue weighted by Gasteiger charge is -2.23. The molecule has 0 saturated heterocycles. The van der Waals surface area contributed by atoms with Gasteiger partial charge in [-0.1, -0.05) is 55.5 Å². The van der Waals surface area contributed by atoms with E-state index in [4.69, 9.17) is 14.6 Å². The van der Waals surface area contributed by atoms with Crippen molar-refractivity contribution < 1.29 is 14.3 Å². The number of hydrogen-bond donors (Lipinski definition) is 2. The summed E-state index contributed by atoms with van der Waals surface area (Å²) in [5.41, 5.74) is 14.5. The number of carbonyl (C=O) groups excluding carboxylic acids is 1. The van der Waals surface area contributed by atoms with E-state index in [9.17, 15) is 4.79 Å². The summed E-state index contributed by atoms with van der Waals surface area (Å²) in [4.78, 5) is 15.3. The van der Waals surface area contributed by atoms with Crippen LogP contribution in [0, 0.1) is 5.92 Å². The predicted octanol–water partition coefficient (Wildman–Crippen LogP) is 5.40. The zero-order chi connectivity index (χ0) is 30.2. The van der Waals surface area contributed by atoms with Gasteiger partial charge in [0.15, 0.2) is 0 Å². The number of rotatable bonds is 8. The summed E-state index contributed by atoms with van der Waals surface area (Å²) >= 11 is 0. The van der Waals surface area contributed by atoms with Crippen molar-refractivity contribution in [2.24, 2.45) is 5.92 Å². The Balaban J connectivity index is 1.16. The Hall–Kier alpha value is -4.60. The molecule has 44 heavy (non-hydrogen) atoms. The van der Waals surface area contributed by atoms with E-state index in [2.05, 4.69) is 89.6 Å². The quantitative estimate of drug-likeness (QED) is 0.264. The van der Waals surface area contributed by atoms with Gasteiger partial charge in [-0.3, -0.25) is 9.91 Å². The number of esters is 1. The lowest BCUT2D eigenvalue weighted by molar-refractivity contribution is 0.0599. The van der Waals surface area contributed by atoms with Crippen molar-refractivity contribution >= 4 is 5.97 Å². The van der Waals surface area contributed by atoms with Crippen molar-refractivity contribution in [1.82, 2.24) is 30.6 Å². The van der Waals surface area contributed by atoms with E-state index in [1.807, 2.05) is 28.9 Å². The SMILES string of the molecule is CC[C@@H]1CN(Cc2cccc(-c3cccc(-n4ncc(C(=O)OC)c4C4CC4C4=CN(C)NN4)c3)c2)Cc2ccccc2O1. The fraction of sp³-hybridized carbons (Fsp3) is 0.314. The summed E-state index contributed by atoms with van der Waals surface area (Å²) in [5, 5.41) is 6.59. The zero-order valence-electron chi connectivity index (χ0n) is 25.4. The van der Waals surface area contributed by atoms with Crippen molar-refractivity contribution in [3.8, 4) is 22.6 Å². The molecule has 1 fully saturated rings. The summed E-state index contributed by atoms with van der Waals surface area (Å²) in [5.74, 6) is 1.06. The van der Waals surface area contributed by atoms with Gasteiger partial charge in [0.05, 0.1) is 24.7 Å². The number of ether oxygens (including phenoxy) is 2. The first-order chi connectivity index (χ1) is 21.5. The topological polar surface area (TPSA) is 83.9 Å². The average molecular weight is 591 g/mol. The molecule has 3 aliphatic rings. The largest absolute Gasteiger partial charge is 0.489 e. The van der Waals surface area contributed by atoms with Gasteiger partial charge in [0.1, 0.15) is 17.4 Å². The van der Waals surface area contributed by atoms with Gasteiger partial charge in [-0.05, 0) is 53.8 Å². The first-order valence-electron chi connectivity index (χ1n) is 15.3. The molecule has 0 bridgehead atoms. The van der Waals surface area contributed by atoms with E-state index >= 15 is 0 Å². The van der Waals surface area contributed by atoms with Crippen LogP contribution in [0.3, 0.4) is 0 Å². The molecule has 226 valence electrons. The molecular weight excluding hydrogens is 552 g/mol. The van der Waals surface area contributed by atoms with E-state index in [1.54, 1.807) is 6.20 Å². The molecule has 7 rings (SSSR count). The minimum atomic E-state index is -0.365. The van der Waals surface area contributed by atoms with Crippen LogP contribution >= 0.6 is 0 Å². The maximum Gasteiger partial charge on any atom is 0.341 e. The fourth-order valence-corrected chi connectivity index (χ4v) is 6.46. The van der Waals surface area contributed by atoms with Crippen LogP contribution in [0.2, 0.25) is 0 Å². The van der Waals surface area contributed by atoms with Crippen LogP contribution < -0.4 is 15.7 Å². The Morgan fingerprint density at radius 2 is 1.86 bits per heavy atom. The van der Waals surface area contributed by atoms with Crippen molar-refractivity contribution in [2.75, 3.05) is 20.7 Å². The van der Waals surface area contributed by atoms with Gasteiger partial charge in [0, 0.05) is 56.0 Å². The minimum absolute atomic E-state index is 0.153. The highest BCUT2D eigenvalue weighted by Gasteiger charge is 2.46. The van der Waals surface area contributed by atoms with Crippen LogP contribution in [0.4, 0.5) is 0 Å². The number of allylic oxidation sites excluding steroid dienone is 1. The maximum atomic E-state index is 12.8. The number of para-hydroxylation sites is 1. The highest BCUT2D eigenvalue weighted by Crippen LogP contribution is 2.52. The predicted molar refractivity (Wildman–Crippen MR) is 169 cm³/mol. The molecule has 3 aromatic carbocycles. The molecule has 0 radical (unpaired) electrons. The first-order valence-corrected chi connectivity index (χ1v) is 15.3. The Morgan fingerprint density at radius 1 is 1.05 bits per heavy atom. The average Bonchev–Trinajstić information content (AvgIpc) is 3.57. The molecule has 0 amide bonds. The van der Waals surface area contributed by atoms with E-state index < -0.39 is 0 Å². The number of hydrogen-bond acceptors (Lipinski definition) is 8. The smallest absolute Gasteiger partial charge is 0.341 e. The minimum Gasteiger partial charge on any atom is -0.489 e. The maximum absolute atomic E-state index is 12.8. The molecule has 3 heterocycles. The van der Waals surface area contributed by atoms with Gasteiger partial charge < -0.3 is 14.9 Å². The molecule has 4 aromatic rings. The van der Waals surface area contributed by atoms with Crippen LogP contribution in [-0.4, -0.2) is 52.5 Å². The van der Waals surface area contributed by atoms with Crippen LogP contribution in [0.25, 0.3) is 16.8 Å². The molecule has 1 saturated carbocycles. The highest BCUT2D eigenvalue weighted by molar-refractivity contribution is 5.91. The summed E-state index contributed by atoms with van der Waals surface area (Å²) in [6.45, 7) is 4.77. The summed E-state index contributed by atoms with van der Waals surface area (Å²) in [7, 11) is 3.37. The van der Waals surface area contributed by atoms with Gasteiger partial charge in [-0.25, -0.2) is 9.48 Å². The molecule has 3 atom stereocenters. The summed E-state index contributed by atoms with van der Waals surface area (Å²) in [6.07, 6.45) is 5.75. The number of benzene rings is 3. The monoisotopic (exact) mass is 590 g/mol. The van der Waals surface area contributed by atoms with Crippen molar-refractivity contribution in [3.05, 3.63) is 113 Å². The van der Waals surface area contributed by atoms with Crippen molar-refractivity contribution in [2.45, 2.75) is 44.9 Å². The number of nitrogens with one attached hydrogen (secondary N) is 2. The number of methoxy groups -OCH3 is 1. The molecule has 2 aliphatic heterocycles. The van der Waals surface area contributed by atoms with Crippen molar-refractivity contribution in [1.29, 1.82) is 0 Å². The second-order valence-electron chi connectivity index (χ2n) is 11.9. The number of fused-ring (bicyclic) bond motifs is 1. The standard InChI is InChI=1S/C35H38N6O3/c1-4-28-21-40(20-26-10-5-6-14-33(26)44-28)19-23-9-7-11-24(15-23)25-12-8-13-27(16-25)41-34(31(18-36-41)35(42)43-3)30-17-29(30)32-22-39(2)38-37-32/h5-16,18,22,28-30,37-38H,4,17,19-21H2,1-3H3/t28-,29?,30?/m1/s1. The van der Waals surface area contributed by atoms with Gasteiger partial charge in [0.2, 0.25) is 0 Å². The van der Waals surface area contributed by atoms with E-state index in [0.717, 1.165) is 66.4 Å².